The molecule has 2 aliphatic heterocycles. The monoisotopic (exact) mass is 212 g/mol. The summed E-state index contributed by atoms with van der Waals surface area (Å²) in [7, 11) is 0. The van der Waals surface area contributed by atoms with E-state index in [1.807, 2.05) is 0 Å². The van der Waals surface area contributed by atoms with Crippen LogP contribution in [0.15, 0.2) is 0 Å². The number of hydrogen-bond donors (Lipinski definition) is 1. The lowest BCUT2D eigenvalue weighted by Crippen LogP contribution is -2.46. The Hall–Kier alpha value is -0.120. The number of piperidine rings is 1. The van der Waals surface area contributed by atoms with E-state index >= 15 is 0 Å². The molecule has 88 valence electrons. The van der Waals surface area contributed by atoms with Crippen molar-refractivity contribution in [1.82, 2.24) is 10.2 Å². The summed E-state index contributed by atoms with van der Waals surface area (Å²) in [5.41, 5.74) is 0. The molecule has 0 spiro atoms. The summed E-state index contributed by atoms with van der Waals surface area (Å²) in [6, 6.07) is 1.47. The second kappa shape index (κ2) is 5.83. The molecule has 2 atom stereocenters. The Labute approximate surface area is 93.2 Å². The van der Waals surface area contributed by atoms with Crippen molar-refractivity contribution < 1.29 is 4.74 Å². The molecule has 0 aromatic carbocycles. The van der Waals surface area contributed by atoms with Crippen LogP contribution < -0.4 is 5.32 Å². The third-order valence-corrected chi connectivity index (χ3v) is 3.71. The van der Waals surface area contributed by atoms with Crippen molar-refractivity contribution in [2.24, 2.45) is 0 Å². The van der Waals surface area contributed by atoms with E-state index in [0.717, 1.165) is 32.3 Å². The summed E-state index contributed by atoms with van der Waals surface area (Å²) in [5, 5.41) is 3.63. The van der Waals surface area contributed by atoms with Crippen LogP contribution in [-0.4, -0.2) is 49.8 Å². The van der Waals surface area contributed by atoms with E-state index in [1.54, 1.807) is 0 Å². The fourth-order valence-corrected chi connectivity index (χ4v) is 2.70. The Morgan fingerprint density at radius 3 is 2.80 bits per heavy atom. The Morgan fingerprint density at radius 1 is 1.33 bits per heavy atom. The van der Waals surface area contributed by atoms with Crippen LogP contribution in [-0.2, 0) is 4.74 Å². The van der Waals surface area contributed by atoms with Gasteiger partial charge in [-0.05, 0) is 32.7 Å². The van der Waals surface area contributed by atoms with Gasteiger partial charge in [0.15, 0.2) is 0 Å². The van der Waals surface area contributed by atoms with Gasteiger partial charge in [-0.2, -0.15) is 0 Å². The Morgan fingerprint density at radius 2 is 2.13 bits per heavy atom. The predicted molar refractivity (Wildman–Crippen MR) is 62.1 cm³/mol. The van der Waals surface area contributed by atoms with Gasteiger partial charge in [0.25, 0.3) is 0 Å². The van der Waals surface area contributed by atoms with Gasteiger partial charge in [-0.25, -0.2) is 0 Å². The van der Waals surface area contributed by atoms with Gasteiger partial charge in [-0.15, -0.1) is 0 Å². The molecule has 0 aliphatic carbocycles. The van der Waals surface area contributed by atoms with Crippen LogP contribution in [0.25, 0.3) is 0 Å². The van der Waals surface area contributed by atoms with Crippen molar-refractivity contribution in [2.45, 2.75) is 44.7 Å². The number of hydrogen-bond acceptors (Lipinski definition) is 3. The first-order valence-electron chi connectivity index (χ1n) is 6.41. The molecule has 2 aliphatic rings. The molecule has 2 fully saturated rings. The molecular formula is C12H24N2O. The lowest BCUT2D eigenvalue weighted by atomic mass is 9.98. The Bertz CT molecular complexity index is 174. The first kappa shape index (κ1) is 11.4. The highest BCUT2D eigenvalue weighted by atomic mass is 16.5. The molecular weight excluding hydrogens is 188 g/mol. The van der Waals surface area contributed by atoms with Gasteiger partial charge in [0, 0.05) is 25.2 Å². The number of morpholine rings is 1. The van der Waals surface area contributed by atoms with Crippen LogP contribution in [0.5, 0.6) is 0 Å². The van der Waals surface area contributed by atoms with Crippen molar-refractivity contribution >= 4 is 0 Å². The number of nitrogens with one attached hydrogen (secondary N) is 1. The molecule has 0 aromatic rings. The van der Waals surface area contributed by atoms with Gasteiger partial charge in [0.2, 0.25) is 0 Å². The molecule has 0 saturated carbocycles. The normalized spacial score (nSPS) is 31.4. The summed E-state index contributed by atoms with van der Waals surface area (Å²) >= 11 is 0. The number of rotatable bonds is 3. The van der Waals surface area contributed by atoms with Gasteiger partial charge in [0.1, 0.15) is 0 Å². The van der Waals surface area contributed by atoms with Gasteiger partial charge in [0.05, 0.1) is 13.2 Å². The van der Waals surface area contributed by atoms with E-state index in [2.05, 4.69) is 17.1 Å². The third kappa shape index (κ3) is 3.44. The highest BCUT2D eigenvalue weighted by Crippen LogP contribution is 2.15. The first-order chi connectivity index (χ1) is 7.36. The van der Waals surface area contributed by atoms with E-state index in [0.29, 0.717) is 6.04 Å². The van der Waals surface area contributed by atoms with Crippen LogP contribution in [0.3, 0.4) is 0 Å². The zero-order valence-electron chi connectivity index (χ0n) is 9.87. The summed E-state index contributed by atoms with van der Waals surface area (Å²) < 4.78 is 5.38. The molecule has 2 heterocycles. The van der Waals surface area contributed by atoms with Crippen molar-refractivity contribution in [1.29, 1.82) is 0 Å². The molecule has 2 rings (SSSR count). The molecule has 1 N–H and O–H groups in total. The van der Waals surface area contributed by atoms with Crippen LogP contribution in [0.2, 0.25) is 0 Å². The summed E-state index contributed by atoms with van der Waals surface area (Å²) in [5.74, 6) is 0. The maximum Gasteiger partial charge on any atom is 0.0594 e. The number of ether oxygens (including phenoxy) is 1. The Kier molecular flexibility index (Phi) is 4.42. The van der Waals surface area contributed by atoms with Crippen molar-refractivity contribution in [3.05, 3.63) is 0 Å². The SMILES string of the molecule is CC(CC1CCCCN1)N1CCOCC1. The minimum Gasteiger partial charge on any atom is -0.379 e. The molecule has 0 aromatic heterocycles. The average molecular weight is 212 g/mol. The quantitative estimate of drug-likeness (QED) is 0.762. The molecule has 0 bridgehead atoms. The maximum atomic E-state index is 5.38. The molecule has 0 radical (unpaired) electrons. The van der Waals surface area contributed by atoms with E-state index in [4.69, 9.17) is 4.74 Å². The van der Waals surface area contributed by atoms with E-state index < -0.39 is 0 Å². The number of nitrogens with zero attached hydrogens (tertiary/aromatic N) is 1. The smallest absolute Gasteiger partial charge is 0.0594 e. The minimum absolute atomic E-state index is 0.712. The van der Waals surface area contributed by atoms with Crippen LogP contribution in [0.4, 0.5) is 0 Å². The van der Waals surface area contributed by atoms with Gasteiger partial charge in [-0.1, -0.05) is 6.42 Å². The zero-order valence-corrected chi connectivity index (χ0v) is 9.87. The second-order valence-corrected chi connectivity index (χ2v) is 4.88. The van der Waals surface area contributed by atoms with Gasteiger partial charge < -0.3 is 10.1 Å². The topological polar surface area (TPSA) is 24.5 Å². The molecule has 3 nitrogen and oxygen atoms in total. The van der Waals surface area contributed by atoms with Crippen LogP contribution >= 0.6 is 0 Å². The molecule has 3 heteroatoms. The van der Waals surface area contributed by atoms with E-state index in [1.165, 1.54) is 32.2 Å². The largest absolute Gasteiger partial charge is 0.379 e. The van der Waals surface area contributed by atoms with Crippen LogP contribution in [0, 0.1) is 0 Å². The fraction of sp³-hybridized carbons (Fsp3) is 1.00. The highest BCUT2D eigenvalue weighted by molar-refractivity contribution is 4.79. The average Bonchev–Trinajstić information content (AvgIpc) is 2.31. The fourth-order valence-electron chi connectivity index (χ4n) is 2.70. The van der Waals surface area contributed by atoms with E-state index in [9.17, 15) is 0 Å². The summed E-state index contributed by atoms with van der Waals surface area (Å²) in [6.45, 7) is 7.66. The minimum atomic E-state index is 0.712. The maximum absolute atomic E-state index is 5.38. The zero-order chi connectivity index (χ0) is 10.5. The highest BCUT2D eigenvalue weighted by Gasteiger charge is 2.21. The van der Waals surface area contributed by atoms with E-state index in [-0.39, 0.29) is 0 Å². The molecule has 15 heavy (non-hydrogen) atoms. The lowest BCUT2D eigenvalue weighted by molar-refractivity contribution is 0.0160. The van der Waals surface area contributed by atoms with Crippen molar-refractivity contribution in [3.63, 3.8) is 0 Å². The summed E-state index contributed by atoms with van der Waals surface area (Å²) in [4.78, 5) is 2.57. The second-order valence-electron chi connectivity index (χ2n) is 4.88. The molecule has 2 unspecified atom stereocenters. The van der Waals surface area contributed by atoms with Gasteiger partial charge >= 0.3 is 0 Å². The lowest BCUT2D eigenvalue weighted by Gasteiger charge is -2.35. The predicted octanol–water partition coefficient (Wildman–Crippen LogP) is 1.24. The third-order valence-electron chi connectivity index (χ3n) is 3.71. The van der Waals surface area contributed by atoms with Crippen molar-refractivity contribution in [3.8, 4) is 0 Å². The first-order valence-corrected chi connectivity index (χ1v) is 6.41. The summed E-state index contributed by atoms with van der Waals surface area (Å²) in [6.07, 6.45) is 5.45. The Balaban J connectivity index is 1.72. The standard InChI is InChI=1S/C12H24N2O/c1-11(14-6-8-15-9-7-14)10-12-4-2-3-5-13-12/h11-13H,2-10H2,1H3. The van der Waals surface area contributed by atoms with Gasteiger partial charge in [-0.3, -0.25) is 4.90 Å². The molecule has 0 amide bonds. The van der Waals surface area contributed by atoms with Crippen molar-refractivity contribution in [2.75, 3.05) is 32.8 Å². The molecule has 2 saturated heterocycles. The van der Waals surface area contributed by atoms with Crippen LogP contribution in [0.1, 0.15) is 32.6 Å².